The number of nitrogens with zero attached hydrogens (tertiary/aromatic N) is 1. The normalized spacial score (nSPS) is 29.2. The van der Waals surface area contributed by atoms with Crippen LogP contribution in [0, 0.1) is 29.5 Å². The van der Waals surface area contributed by atoms with Gasteiger partial charge in [-0.25, -0.2) is 9.18 Å². The van der Waals surface area contributed by atoms with Crippen LogP contribution >= 0.6 is 11.8 Å². The largest absolute Gasteiger partial charge is 0.478 e. The number of halogens is 1. The molecule has 2 fully saturated rings. The predicted octanol–water partition coefficient (Wildman–Crippen LogP) is 5.34. The molecular weight excluding hydrogens is 385 g/mol. The average Bonchev–Trinajstić information content (AvgIpc) is 3.31. The first kappa shape index (κ1) is 20.5. The highest BCUT2D eigenvalue weighted by Crippen LogP contribution is 2.49. The summed E-state index contributed by atoms with van der Waals surface area (Å²) in [5.41, 5.74) is 1.60. The minimum atomic E-state index is -0.823. The van der Waals surface area contributed by atoms with Crippen LogP contribution < -0.4 is 0 Å². The molecule has 3 nitrogen and oxygen atoms in total. The van der Waals surface area contributed by atoms with Crippen LogP contribution in [0.3, 0.4) is 0 Å². The van der Waals surface area contributed by atoms with Crippen LogP contribution in [-0.4, -0.2) is 33.6 Å². The van der Waals surface area contributed by atoms with Crippen LogP contribution in [0.5, 0.6) is 0 Å². The fourth-order valence-electron chi connectivity index (χ4n) is 5.32. The first-order valence-electron chi connectivity index (χ1n) is 10.7. The lowest BCUT2D eigenvalue weighted by molar-refractivity contribution is -0.133. The van der Waals surface area contributed by atoms with Crippen molar-refractivity contribution in [3.05, 3.63) is 59.6 Å². The number of allylic oxidation sites excluding steroid dienone is 2. The summed E-state index contributed by atoms with van der Waals surface area (Å²) in [6, 6.07) is 6.68. The zero-order chi connectivity index (χ0) is 20.4. The number of hydrogen-bond acceptors (Lipinski definition) is 3. The lowest BCUT2D eigenvalue weighted by atomic mass is 9.88. The van der Waals surface area contributed by atoms with E-state index in [1.807, 2.05) is 18.2 Å². The van der Waals surface area contributed by atoms with Crippen LogP contribution in [0.4, 0.5) is 4.39 Å². The van der Waals surface area contributed by atoms with Gasteiger partial charge in [0.1, 0.15) is 11.2 Å². The number of aliphatic carboxylic acids is 1. The summed E-state index contributed by atoms with van der Waals surface area (Å²) < 4.78 is 13.1. The molecule has 1 heterocycles. The van der Waals surface area contributed by atoms with E-state index in [0.717, 1.165) is 36.1 Å². The molecule has 0 spiro atoms. The number of hydrogen-bond donors (Lipinski definition) is 1. The first-order chi connectivity index (χ1) is 14.0. The van der Waals surface area contributed by atoms with Gasteiger partial charge in [0, 0.05) is 12.7 Å². The molecule has 5 unspecified atom stereocenters. The minimum Gasteiger partial charge on any atom is -0.478 e. The van der Waals surface area contributed by atoms with Crippen molar-refractivity contribution in [2.75, 3.05) is 12.3 Å². The summed E-state index contributed by atoms with van der Waals surface area (Å²) in [6.45, 7) is 3.14. The van der Waals surface area contributed by atoms with Crippen molar-refractivity contribution in [1.29, 1.82) is 0 Å². The van der Waals surface area contributed by atoms with Crippen LogP contribution in [0.25, 0.3) is 0 Å². The Morgan fingerprint density at radius 2 is 2.07 bits per heavy atom. The van der Waals surface area contributed by atoms with Gasteiger partial charge in [-0.2, -0.15) is 0 Å². The molecular formula is C24H30FNO2S. The third-order valence-electron chi connectivity index (χ3n) is 6.73. The quantitative estimate of drug-likeness (QED) is 0.622. The number of benzene rings is 1. The summed E-state index contributed by atoms with van der Waals surface area (Å²) in [5.74, 6) is 2.65. The topological polar surface area (TPSA) is 40.5 Å². The molecule has 4 rings (SSSR count). The molecule has 1 aliphatic heterocycles. The summed E-state index contributed by atoms with van der Waals surface area (Å²) >= 11 is 1.73. The van der Waals surface area contributed by atoms with Gasteiger partial charge in [-0.3, -0.25) is 0 Å². The van der Waals surface area contributed by atoms with Crippen molar-refractivity contribution >= 4 is 17.7 Å². The second kappa shape index (κ2) is 8.95. The fourth-order valence-corrected chi connectivity index (χ4v) is 6.66. The van der Waals surface area contributed by atoms with E-state index in [1.165, 1.54) is 37.8 Å². The van der Waals surface area contributed by atoms with E-state index < -0.39 is 5.97 Å². The van der Waals surface area contributed by atoms with Gasteiger partial charge in [-0.1, -0.05) is 25.5 Å². The number of thioether (sulfide) groups is 1. The van der Waals surface area contributed by atoms with Crippen molar-refractivity contribution in [2.24, 2.45) is 23.7 Å². The number of rotatable bonds is 8. The molecule has 2 bridgehead atoms. The lowest BCUT2D eigenvalue weighted by Crippen LogP contribution is -2.39. The minimum absolute atomic E-state index is 0.132. The Morgan fingerprint density at radius 1 is 1.28 bits per heavy atom. The van der Waals surface area contributed by atoms with Gasteiger partial charge in [-0.05, 0) is 85.0 Å². The van der Waals surface area contributed by atoms with Crippen molar-refractivity contribution in [3.8, 4) is 0 Å². The highest BCUT2D eigenvalue weighted by atomic mass is 32.2. The predicted molar refractivity (Wildman–Crippen MR) is 116 cm³/mol. The van der Waals surface area contributed by atoms with Gasteiger partial charge in [-0.15, -0.1) is 11.8 Å². The van der Waals surface area contributed by atoms with Crippen molar-refractivity contribution in [2.45, 2.75) is 44.4 Å². The lowest BCUT2D eigenvalue weighted by Gasteiger charge is -2.37. The Labute approximate surface area is 177 Å². The maximum Gasteiger partial charge on any atom is 0.334 e. The molecule has 0 amide bonds. The molecule has 29 heavy (non-hydrogen) atoms. The number of carbonyl (C=O) groups is 1. The number of carboxylic acid groups (broad SMARTS) is 1. The molecule has 0 saturated heterocycles. The van der Waals surface area contributed by atoms with Gasteiger partial charge in [0.05, 0.1) is 5.57 Å². The monoisotopic (exact) mass is 415 g/mol. The maximum atomic E-state index is 13.1. The maximum absolute atomic E-state index is 13.1. The molecule has 1 N–H and O–H groups in total. The van der Waals surface area contributed by atoms with Crippen LogP contribution in [-0.2, 0) is 11.2 Å². The SMILES string of the molecule is CC(CSC1C(C(=O)O)=CC=CN1CC1CC2CCC1C2)Cc1ccc(F)cc1. The second-order valence-electron chi connectivity index (χ2n) is 9.02. The van der Waals surface area contributed by atoms with Crippen LogP contribution in [0.15, 0.2) is 48.2 Å². The van der Waals surface area contributed by atoms with E-state index in [2.05, 4.69) is 18.0 Å². The van der Waals surface area contributed by atoms with E-state index in [4.69, 9.17) is 0 Å². The van der Waals surface area contributed by atoms with Gasteiger partial charge in [0.15, 0.2) is 0 Å². The molecule has 156 valence electrons. The Hall–Kier alpha value is -1.75. The van der Waals surface area contributed by atoms with Crippen molar-refractivity contribution in [1.82, 2.24) is 4.90 Å². The second-order valence-corrected chi connectivity index (χ2v) is 10.1. The zero-order valence-electron chi connectivity index (χ0n) is 17.0. The molecule has 2 saturated carbocycles. The molecule has 0 aromatic heterocycles. The van der Waals surface area contributed by atoms with Crippen LogP contribution in [0.1, 0.15) is 38.2 Å². The molecule has 5 heteroatoms. The third-order valence-corrected chi connectivity index (χ3v) is 8.34. The molecule has 3 aliphatic rings. The molecule has 2 aliphatic carbocycles. The van der Waals surface area contributed by atoms with Crippen LogP contribution in [0.2, 0.25) is 0 Å². The Kier molecular flexibility index (Phi) is 6.33. The number of carboxylic acids is 1. The standard InChI is InChI=1S/C24H30FNO2S/c1-16(11-17-5-8-21(25)9-6-17)15-29-23-22(24(27)28)3-2-10-26(23)14-20-13-18-4-7-19(20)12-18/h2-3,5-6,8-10,16,18-20,23H,4,7,11-15H2,1H3,(H,27,28). The van der Waals surface area contributed by atoms with E-state index in [-0.39, 0.29) is 11.2 Å². The Bertz CT molecular complexity index is 791. The third kappa shape index (κ3) is 4.88. The van der Waals surface area contributed by atoms with E-state index in [0.29, 0.717) is 17.4 Å². The molecule has 1 aromatic carbocycles. The average molecular weight is 416 g/mol. The first-order valence-corrected chi connectivity index (χ1v) is 11.8. The Balaban J connectivity index is 1.38. The van der Waals surface area contributed by atoms with Crippen molar-refractivity contribution < 1.29 is 14.3 Å². The highest BCUT2D eigenvalue weighted by Gasteiger charge is 2.41. The van der Waals surface area contributed by atoms with Gasteiger partial charge in [0.2, 0.25) is 0 Å². The summed E-state index contributed by atoms with van der Waals surface area (Å²) in [7, 11) is 0. The van der Waals surface area contributed by atoms with E-state index in [1.54, 1.807) is 17.8 Å². The molecule has 0 radical (unpaired) electrons. The number of fused-ring (bicyclic) bond motifs is 2. The molecule has 1 aromatic rings. The van der Waals surface area contributed by atoms with Gasteiger partial charge < -0.3 is 10.0 Å². The van der Waals surface area contributed by atoms with E-state index >= 15 is 0 Å². The van der Waals surface area contributed by atoms with Gasteiger partial charge >= 0.3 is 5.97 Å². The smallest absolute Gasteiger partial charge is 0.334 e. The van der Waals surface area contributed by atoms with Gasteiger partial charge in [0.25, 0.3) is 0 Å². The summed E-state index contributed by atoms with van der Waals surface area (Å²) in [6.07, 6.45) is 12.0. The summed E-state index contributed by atoms with van der Waals surface area (Å²) in [5, 5.41) is 9.61. The van der Waals surface area contributed by atoms with E-state index in [9.17, 15) is 14.3 Å². The Morgan fingerprint density at radius 3 is 2.72 bits per heavy atom. The molecule has 5 atom stereocenters. The fraction of sp³-hybridized carbons (Fsp3) is 0.542. The van der Waals surface area contributed by atoms with Crippen molar-refractivity contribution in [3.63, 3.8) is 0 Å². The zero-order valence-corrected chi connectivity index (χ0v) is 17.8. The summed E-state index contributed by atoms with van der Waals surface area (Å²) in [4.78, 5) is 14.1. The highest BCUT2D eigenvalue weighted by molar-refractivity contribution is 8.00.